The van der Waals surface area contributed by atoms with Gasteiger partial charge in [0.2, 0.25) is 0 Å². The molecule has 1 aromatic carbocycles. The Morgan fingerprint density at radius 2 is 1.57 bits per heavy atom. The highest BCUT2D eigenvalue weighted by Crippen LogP contribution is 2.23. The Bertz CT molecular complexity index is 544. The van der Waals surface area contributed by atoms with Gasteiger partial charge >= 0.3 is 6.18 Å². The Morgan fingerprint density at radius 1 is 1.00 bits per heavy atom. The van der Waals surface area contributed by atoms with E-state index in [0.29, 0.717) is 24.0 Å². The summed E-state index contributed by atoms with van der Waals surface area (Å²) in [5.41, 5.74) is 0.769. The van der Waals surface area contributed by atoms with E-state index >= 15 is 0 Å². The van der Waals surface area contributed by atoms with Crippen LogP contribution in [0.15, 0.2) is 36.4 Å². The molecule has 0 saturated heterocycles. The van der Waals surface area contributed by atoms with Gasteiger partial charge in [-0.1, -0.05) is 24.3 Å². The number of rotatable bonds is 5. The van der Waals surface area contributed by atoms with Crippen LogP contribution < -0.4 is 0 Å². The van der Waals surface area contributed by atoms with Crippen LogP contribution in [0.4, 0.5) is 13.2 Å². The van der Waals surface area contributed by atoms with Crippen LogP contribution in [0, 0.1) is 0 Å². The lowest BCUT2D eigenvalue weighted by Gasteiger charge is -2.12. The normalized spacial score (nSPS) is 15.1. The summed E-state index contributed by atoms with van der Waals surface area (Å²) in [6.07, 6.45) is -1.84. The van der Waals surface area contributed by atoms with Gasteiger partial charge in [-0.15, -0.1) is 0 Å². The van der Waals surface area contributed by atoms with E-state index < -0.39 is 12.6 Å². The lowest BCUT2D eigenvalue weighted by molar-refractivity contribution is -0.125. The Labute approximate surface area is 120 Å². The average molecular weight is 297 g/mol. The van der Waals surface area contributed by atoms with Crippen molar-refractivity contribution in [3.63, 3.8) is 0 Å². The maximum absolute atomic E-state index is 12.0. The summed E-state index contributed by atoms with van der Waals surface area (Å²) in [5.74, 6) is -0.676. The Hall–Kier alpha value is -2.11. The summed E-state index contributed by atoms with van der Waals surface area (Å²) in [5, 5.41) is 0. The lowest BCUT2D eigenvalue weighted by atomic mass is 10.1. The molecule has 112 valence electrons. The highest BCUT2D eigenvalue weighted by atomic mass is 19.4. The molecule has 0 saturated carbocycles. The number of nitrogens with zero attached hydrogens (tertiary/aromatic N) is 1. The minimum atomic E-state index is -4.20. The van der Waals surface area contributed by atoms with Crippen molar-refractivity contribution in [3.8, 4) is 0 Å². The van der Waals surface area contributed by atoms with Crippen molar-refractivity contribution in [1.82, 2.24) is 4.90 Å². The van der Waals surface area contributed by atoms with Gasteiger partial charge in [-0.25, -0.2) is 0 Å². The van der Waals surface area contributed by atoms with E-state index in [1.807, 2.05) is 0 Å². The predicted octanol–water partition coefficient (Wildman–Crippen LogP) is 3.57. The maximum Gasteiger partial charge on any atom is 0.392 e. The Kier molecular flexibility index (Phi) is 4.45. The van der Waals surface area contributed by atoms with Gasteiger partial charge < -0.3 is 0 Å². The molecule has 0 aromatic heterocycles. The van der Waals surface area contributed by atoms with Crippen LogP contribution in [0.3, 0.4) is 0 Å². The smallest absolute Gasteiger partial charge is 0.274 e. The molecular formula is C15H14F3NO2. The van der Waals surface area contributed by atoms with Crippen molar-refractivity contribution in [1.29, 1.82) is 0 Å². The van der Waals surface area contributed by atoms with Crippen molar-refractivity contribution in [2.24, 2.45) is 0 Å². The zero-order chi connectivity index (χ0) is 15.5. The third kappa shape index (κ3) is 3.71. The summed E-state index contributed by atoms with van der Waals surface area (Å²) < 4.78 is 35.7. The second kappa shape index (κ2) is 6.11. The van der Waals surface area contributed by atoms with Crippen LogP contribution in [0.25, 0.3) is 0 Å². The molecule has 2 amide bonds. The Balaban J connectivity index is 1.83. The van der Waals surface area contributed by atoms with E-state index in [0.717, 1.165) is 11.0 Å². The van der Waals surface area contributed by atoms with Gasteiger partial charge in [0, 0.05) is 6.54 Å². The molecule has 1 aromatic rings. The second-order valence-corrected chi connectivity index (χ2v) is 4.74. The van der Waals surface area contributed by atoms with Crippen LogP contribution in [0.2, 0.25) is 0 Å². The number of carbonyl (C=O) groups is 2. The first kappa shape index (κ1) is 15.3. The molecule has 1 heterocycles. The van der Waals surface area contributed by atoms with Crippen LogP contribution >= 0.6 is 0 Å². The topological polar surface area (TPSA) is 37.4 Å². The molecule has 0 radical (unpaired) electrons. The number of allylic oxidation sites excluding steroid dienone is 2. The van der Waals surface area contributed by atoms with Crippen molar-refractivity contribution in [2.45, 2.75) is 25.4 Å². The fraction of sp³-hybridized carbons (Fsp3) is 0.333. The number of unbranched alkanes of at least 4 members (excludes halogenated alkanes) is 1. The molecule has 0 atom stereocenters. The highest BCUT2D eigenvalue weighted by Gasteiger charge is 2.34. The molecule has 0 N–H and O–H groups in total. The number of halogens is 3. The zero-order valence-corrected chi connectivity index (χ0v) is 11.2. The van der Waals surface area contributed by atoms with E-state index in [1.165, 1.54) is 6.08 Å². The van der Waals surface area contributed by atoms with Gasteiger partial charge in [0.15, 0.2) is 0 Å². The second-order valence-electron chi connectivity index (χ2n) is 4.74. The fourth-order valence-electron chi connectivity index (χ4n) is 2.14. The SMILES string of the molecule is O=C1c2ccccc2C(=O)N1CCC/C=C/CC(F)(F)F. The van der Waals surface area contributed by atoms with Crippen molar-refractivity contribution in [2.75, 3.05) is 6.54 Å². The first-order valence-electron chi connectivity index (χ1n) is 6.57. The van der Waals surface area contributed by atoms with Crippen molar-refractivity contribution in [3.05, 3.63) is 47.5 Å². The van der Waals surface area contributed by atoms with E-state index in [9.17, 15) is 22.8 Å². The van der Waals surface area contributed by atoms with Crippen molar-refractivity contribution < 1.29 is 22.8 Å². The molecule has 6 heteroatoms. The lowest BCUT2D eigenvalue weighted by Crippen LogP contribution is -2.30. The van der Waals surface area contributed by atoms with Crippen LogP contribution in [-0.2, 0) is 0 Å². The third-order valence-electron chi connectivity index (χ3n) is 3.15. The van der Waals surface area contributed by atoms with Gasteiger partial charge in [0.1, 0.15) is 0 Å². The van der Waals surface area contributed by atoms with E-state index in [4.69, 9.17) is 0 Å². The predicted molar refractivity (Wildman–Crippen MR) is 70.9 cm³/mol. The number of hydrogen-bond donors (Lipinski definition) is 0. The molecule has 0 spiro atoms. The molecule has 0 fully saturated rings. The first-order chi connectivity index (χ1) is 9.90. The molecule has 21 heavy (non-hydrogen) atoms. The van der Waals surface area contributed by atoms with Crippen LogP contribution in [-0.4, -0.2) is 29.4 Å². The number of benzene rings is 1. The molecule has 0 bridgehead atoms. The van der Waals surface area contributed by atoms with Gasteiger partial charge in [-0.05, 0) is 25.0 Å². The minimum Gasteiger partial charge on any atom is -0.274 e. The number of amides is 2. The van der Waals surface area contributed by atoms with Crippen molar-refractivity contribution >= 4 is 11.8 Å². The molecule has 3 nitrogen and oxygen atoms in total. The van der Waals surface area contributed by atoms with E-state index in [-0.39, 0.29) is 18.4 Å². The molecule has 2 rings (SSSR count). The number of carbonyl (C=O) groups excluding carboxylic acids is 2. The Morgan fingerprint density at radius 3 is 2.10 bits per heavy atom. The van der Waals surface area contributed by atoms with Gasteiger partial charge in [-0.3, -0.25) is 14.5 Å². The number of alkyl halides is 3. The molecule has 0 unspecified atom stereocenters. The minimum absolute atomic E-state index is 0.211. The van der Waals surface area contributed by atoms with Gasteiger partial charge in [-0.2, -0.15) is 13.2 Å². The van der Waals surface area contributed by atoms with E-state index in [2.05, 4.69) is 0 Å². The number of fused-ring (bicyclic) bond motifs is 1. The van der Waals surface area contributed by atoms with Crippen LogP contribution in [0.1, 0.15) is 40.0 Å². The average Bonchev–Trinajstić information content (AvgIpc) is 2.66. The van der Waals surface area contributed by atoms with E-state index in [1.54, 1.807) is 24.3 Å². The summed E-state index contributed by atoms with van der Waals surface area (Å²) in [7, 11) is 0. The number of imide groups is 1. The zero-order valence-electron chi connectivity index (χ0n) is 11.2. The third-order valence-corrected chi connectivity index (χ3v) is 3.15. The monoisotopic (exact) mass is 297 g/mol. The van der Waals surface area contributed by atoms with Gasteiger partial charge in [0.05, 0.1) is 17.5 Å². The van der Waals surface area contributed by atoms with Gasteiger partial charge in [0.25, 0.3) is 11.8 Å². The maximum atomic E-state index is 12.0. The fourth-order valence-corrected chi connectivity index (χ4v) is 2.14. The number of hydrogen-bond acceptors (Lipinski definition) is 2. The van der Waals surface area contributed by atoms with Crippen LogP contribution in [0.5, 0.6) is 0 Å². The summed E-state index contributed by atoms with van der Waals surface area (Å²) in [6.45, 7) is 0.211. The largest absolute Gasteiger partial charge is 0.392 e. The molecule has 1 aliphatic heterocycles. The quantitative estimate of drug-likeness (QED) is 0.473. The molecule has 1 aliphatic rings. The highest BCUT2D eigenvalue weighted by molar-refractivity contribution is 6.21. The molecule has 0 aliphatic carbocycles. The summed E-state index contributed by atoms with van der Waals surface area (Å²) in [4.78, 5) is 25.1. The first-order valence-corrected chi connectivity index (χ1v) is 6.57. The molecular weight excluding hydrogens is 283 g/mol. The summed E-state index contributed by atoms with van der Waals surface area (Å²) in [6, 6.07) is 6.57. The standard InChI is InChI=1S/C15H14F3NO2/c16-15(17,18)9-5-1-2-6-10-19-13(20)11-7-3-4-8-12(11)14(19)21/h1,3-5,7-8H,2,6,9-10H2/b5-1+. The summed E-state index contributed by atoms with van der Waals surface area (Å²) >= 11 is 0.